The van der Waals surface area contributed by atoms with Gasteiger partial charge in [-0.05, 0) is 24.3 Å². The van der Waals surface area contributed by atoms with Crippen LogP contribution in [0.2, 0.25) is 5.02 Å². The molecule has 1 aromatic carbocycles. The summed E-state index contributed by atoms with van der Waals surface area (Å²) in [5.74, 6) is -1.41. The highest BCUT2D eigenvalue weighted by Gasteiger charge is 2.07. The molecule has 2 rings (SSSR count). The molecule has 0 atom stereocenters. The molecule has 0 saturated carbocycles. The summed E-state index contributed by atoms with van der Waals surface area (Å²) in [6.07, 6.45) is 1.77. The number of hydrogen-bond acceptors (Lipinski definition) is 2. The number of aliphatic carboxylic acids is 1. The second-order valence-corrected chi connectivity index (χ2v) is 4.25. The van der Waals surface area contributed by atoms with Crippen LogP contribution in [0.1, 0.15) is 0 Å². The highest BCUT2D eigenvalue weighted by Crippen LogP contribution is 2.20. The number of amides is 1. The SMILES string of the molecule is O=C(O)CNC(=O)Cn1ccc2cc(Cl)ccc21. The summed E-state index contributed by atoms with van der Waals surface area (Å²) in [4.78, 5) is 21.8. The Labute approximate surface area is 108 Å². The molecule has 0 unspecified atom stereocenters. The Morgan fingerprint density at radius 1 is 1.33 bits per heavy atom. The van der Waals surface area contributed by atoms with E-state index in [1.165, 1.54) is 0 Å². The van der Waals surface area contributed by atoms with Crippen molar-refractivity contribution in [2.45, 2.75) is 6.54 Å². The van der Waals surface area contributed by atoms with E-state index in [2.05, 4.69) is 5.32 Å². The topological polar surface area (TPSA) is 71.3 Å². The molecule has 0 aliphatic heterocycles. The van der Waals surface area contributed by atoms with Crippen molar-refractivity contribution in [1.29, 1.82) is 0 Å². The number of nitrogens with zero attached hydrogens (tertiary/aromatic N) is 1. The number of aromatic nitrogens is 1. The first-order chi connectivity index (χ1) is 8.56. The van der Waals surface area contributed by atoms with E-state index in [9.17, 15) is 9.59 Å². The number of hydrogen-bond donors (Lipinski definition) is 2. The second kappa shape index (κ2) is 5.10. The molecule has 2 N–H and O–H groups in total. The molecule has 1 aromatic heterocycles. The zero-order valence-corrected chi connectivity index (χ0v) is 10.1. The fourth-order valence-corrected chi connectivity index (χ4v) is 1.87. The molecule has 18 heavy (non-hydrogen) atoms. The molecule has 2 aromatic rings. The van der Waals surface area contributed by atoms with Gasteiger partial charge in [-0.1, -0.05) is 11.6 Å². The Kier molecular flexibility index (Phi) is 3.53. The Hall–Kier alpha value is -2.01. The third kappa shape index (κ3) is 2.81. The molecule has 94 valence electrons. The molecule has 5 nitrogen and oxygen atoms in total. The van der Waals surface area contributed by atoms with Gasteiger partial charge in [-0.25, -0.2) is 0 Å². The zero-order chi connectivity index (χ0) is 13.1. The molecule has 0 fully saturated rings. The van der Waals surface area contributed by atoms with Gasteiger partial charge in [0.1, 0.15) is 13.1 Å². The van der Waals surface area contributed by atoms with Crippen LogP contribution < -0.4 is 5.32 Å². The third-order valence-electron chi connectivity index (χ3n) is 2.48. The largest absolute Gasteiger partial charge is 0.480 e. The average Bonchev–Trinajstić information content (AvgIpc) is 2.69. The predicted octanol–water partition coefficient (Wildman–Crippen LogP) is 1.50. The molecule has 0 spiro atoms. The predicted molar refractivity (Wildman–Crippen MR) is 67.6 cm³/mol. The Morgan fingerprint density at radius 3 is 2.83 bits per heavy atom. The number of carbonyl (C=O) groups excluding carboxylic acids is 1. The number of carboxylic acid groups (broad SMARTS) is 1. The maximum atomic E-state index is 11.5. The summed E-state index contributed by atoms with van der Waals surface area (Å²) < 4.78 is 1.74. The zero-order valence-electron chi connectivity index (χ0n) is 9.39. The highest BCUT2D eigenvalue weighted by molar-refractivity contribution is 6.31. The van der Waals surface area contributed by atoms with E-state index < -0.39 is 5.97 Å². The molecule has 0 bridgehead atoms. The molecule has 0 radical (unpaired) electrons. The van der Waals surface area contributed by atoms with Crippen molar-refractivity contribution in [2.75, 3.05) is 6.54 Å². The van der Waals surface area contributed by atoms with Crippen LogP contribution in [0.25, 0.3) is 10.9 Å². The summed E-state index contributed by atoms with van der Waals surface area (Å²) in [5.41, 5.74) is 0.880. The lowest BCUT2D eigenvalue weighted by Gasteiger charge is -2.05. The normalized spacial score (nSPS) is 10.5. The molecule has 1 amide bonds. The smallest absolute Gasteiger partial charge is 0.322 e. The van der Waals surface area contributed by atoms with Crippen LogP contribution in [0.5, 0.6) is 0 Å². The Bertz CT molecular complexity index is 606. The number of rotatable bonds is 4. The van der Waals surface area contributed by atoms with E-state index in [0.29, 0.717) is 5.02 Å². The van der Waals surface area contributed by atoms with Crippen molar-refractivity contribution in [2.24, 2.45) is 0 Å². The highest BCUT2D eigenvalue weighted by atomic mass is 35.5. The van der Waals surface area contributed by atoms with E-state index in [0.717, 1.165) is 10.9 Å². The van der Waals surface area contributed by atoms with Crippen molar-refractivity contribution in [3.05, 3.63) is 35.5 Å². The molecule has 0 aliphatic carbocycles. The van der Waals surface area contributed by atoms with E-state index >= 15 is 0 Å². The van der Waals surface area contributed by atoms with Crippen LogP contribution in [0.15, 0.2) is 30.5 Å². The van der Waals surface area contributed by atoms with Crippen LogP contribution in [-0.4, -0.2) is 28.1 Å². The van der Waals surface area contributed by atoms with Gasteiger partial charge in [0, 0.05) is 22.1 Å². The monoisotopic (exact) mass is 266 g/mol. The quantitative estimate of drug-likeness (QED) is 0.881. The lowest BCUT2D eigenvalue weighted by atomic mass is 10.2. The van der Waals surface area contributed by atoms with Crippen molar-refractivity contribution in [3.8, 4) is 0 Å². The average molecular weight is 267 g/mol. The van der Waals surface area contributed by atoms with Gasteiger partial charge >= 0.3 is 5.97 Å². The summed E-state index contributed by atoms with van der Waals surface area (Å²) in [7, 11) is 0. The van der Waals surface area contributed by atoms with Gasteiger partial charge in [0.25, 0.3) is 0 Å². The molecular formula is C12H11ClN2O3. The van der Waals surface area contributed by atoms with Crippen LogP contribution in [-0.2, 0) is 16.1 Å². The molecule has 0 saturated heterocycles. The van der Waals surface area contributed by atoms with Gasteiger partial charge in [-0.3, -0.25) is 9.59 Å². The van der Waals surface area contributed by atoms with Crippen LogP contribution in [0, 0.1) is 0 Å². The van der Waals surface area contributed by atoms with E-state index in [4.69, 9.17) is 16.7 Å². The molecule has 6 heteroatoms. The van der Waals surface area contributed by atoms with Crippen molar-refractivity contribution < 1.29 is 14.7 Å². The summed E-state index contributed by atoms with van der Waals surface area (Å²) >= 11 is 5.86. The van der Waals surface area contributed by atoms with Crippen molar-refractivity contribution in [1.82, 2.24) is 9.88 Å². The minimum atomic E-state index is -1.06. The van der Waals surface area contributed by atoms with Gasteiger partial charge in [0.2, 0.25) is 5.91 Å². The number of benzene rings is 1. The molecule has 1 heterocycles. The van der Waals surface area contributed by atoms with Crippen molar-refractivity contribution >= 4 is 34.4 Å². The van der Waals surface area contributed by atoms with Gasteiger partial charge in [0.15, 0.2) is 0 Å². The third-order valence-corrected chi connectivity index (χ3v) is 2.72. The lowest BCUT2D eigenvalue weighted by Crippen LogP contribution is -2.31. The summed E-state index contributed by atoms with van der Waals surface area (Å²) in [5, 5.41) is 12.3. The first-order valence-electron chi connectivity index (χ1n) is 5.29. The number of carboxylic acids is 1. The van der Waals surface area contributed by atoms with Gasteiger partial charge < -0.3 is 15.0 Å². The molecular weight excluding hydrogens is 256 g/mol. The first kappa shape index (κ1) is 12.4. The van der Waals surface area contributed by atoms with Gasteiger partial charge in [-0.15, -0.1) is 0 Å². The van der Waals surface area contributed by atoms with Gasteiger partial charge in [-0.2, -0.15) is 0 Å². The van der Waals surface area contributed by atoms with Crippen LogP contribution in [0.4, 0.5) is 0 Å². The van der Waals surface area contributed by atoms with E-state index in [1.54, 1.807) is 16.8 Å². The first-order valence-corrected chi connectivity index (χ1v) is 5.67. The number of halogens is 1. The fraction of sp³-hybridized carbons (Fsp3) is 0.167. The van der Waals surface area contributed by atoms with Crippen molar-refractivity contribution in [3.63, 3.8) is 0 Å². The number of fused-ring (bicyclic) bond motifs is 1. The van der Waals surface area contributed by atoms with Crippen LogP contribution in [0.3, 0.4) is 0 Å². The standard InChI is InChI=1S/C12H11ClN2O3/c13-9-1-2-10-8(5-9)3-4-15(10)7-11(16)14-6-12(17)18/h1-5H,6-7H2,(H,14,16)(H,17,18). The fourth-order valence-electron chi connectivity index (χ4n) is 1.69. The number of carbonyl (C=O) groups is 2. The number of nitrogens with one attached hydrogen (secondary N) is 1. The van der Waals surface area contributed by atoms with Gasteiger partial charge in [0.05, 0.1) is 0 Å². The maximum Gasteiger partial charge on any atom is 0.322 e. The second-order valence-electron chi connectivity index (χ2n) is 3.82. The molecule has 0 aliphatic rings. The maximum absolute atomic E-state index is 11.5. The summed E-state index contributed by atoms with van der Waals surface area (Å²) in [6.45, 7) is -0.289. The summed E-state index contributed by atoms with van der Waals surface area (Å²) in [6, 6.07) is 7.23. The van der Waals surface area contributed by atoms with E-state index in [-0.39, 0.29) is 19.0 Å². The Morgan fingerprint density at radius 2 is 2.11 bits per heavy atom. The Balaban J connectivity index is 2.12. The minimum absolute atomic E-state index is 0.0818. The van der Waals surface area contributed by atoms with E-state index in [1.807, 2.05) is 18.2 Å². The minimum Gasteiger partial charge on any atom is -0.480 e. The van der Waals surface area contributed by atoms with Crippen LogP contribution >= 0.6 is 11.6 Å². The lowest BCUT2D eigenvalue weighted by molar-refractivity contribution is -0.138.